The molecule has 1 aromatic rings. The summed E-state index contributed by atoms with van der Waals surface area (Å²) in [6.07, 6.45) is 0. The highest BCUT2D eigenvalue weighted by Crippen LogP contribution is 2.27. The molecule has 2 nitrogen and oxygen atoms in total. The Bertz CT molecular complexity index is 318. The van der Waals surface area contributed by atoms with E-state index in [9.17, 15) is 0 Å². The number of hydrogen-bond acceptors (Lipinski definition) is 2. The lowest BCUT2D eigenvalue weighted by molar-refractivity contribution is 0.410. The summed E-state index contributed by atoms with van der Waals surface area (Å²) in [5, 5.41) is 0. The third kappa shape index (κ3) is 1.90. The molecule has 1 rings (SSSR count). The molecular weight excluding hydrogens is 162 g/mol. The minimum atomic E-state index is 0.458. The molecule has 2 N–H and O–H groups in total. The summed E-state index contributed by atoms with van der Waals surface area (Å²) in [7, 11) is 1.66. The van der Waals surface area contributed by atoms with Gasteiger partial charge in [0.2, 0.25) is 0 Å². The third-order valence-corrected chi connectivity index (χ3v) is 2.04. The standard InChI is InChI=1S/C11H15NO/c1-8-5-4-6-10(9(2)7-12)11(8)13-3/h4-6H,2,7,12H2,1,3H3. The normalized spacial score (nSPS) is 9.77. The topological polar surface area (TPSA) is 35.2 Å². The number of rotatable bonds is 3. The van der Waals surface area contributed by atoms with Crippen molar-refractivity contribution < 1.29 is 4.74 Å². The predicted octanol–water partition coefficient (Wildman–Crippen LogP) is 1.98. The first kappa shape index (κ1) is 9.81. The lowest BCUT2D eigenvalue weighted by atomic mass is 10.0. The van der Waals surface area contributed by atoms with E-state index in [0.29, 0.717) is 6.54 Å². The predicted molar refractivity (Wildman–Crippen MR) is 55.8 cm³/mol. The van der Waals surface area contributed by atoms with Crippen LogP contribution in [-0.2, 0) is 0 Å². The molecule has 0 unspecified atom stereocenters. The molecule has 0 radical (unpaired) electrons. The average Bonchev–Trinajstić information content (AvgIpc) is 2.16. The first-order valence-electron chi connectivity index (χ1n) is 4.22. The molecule has 70 valence electrons. The Morgan fingerprint density at radius 3 is 2.77 bits per heavy atom. The van der Waals surface area contributed by atoms with Crippen molar-refractivity contribution in [1.82, 2.24) is 0 Å². The van der Waals surface area contributed by atoms with Crippen molar-refractivity contribution in [2.75, 3.05) is 13.7 Å². The highest BCUT2D eigenvalue weighted by atomic mass is 16.5. The van der Waals surface area contributed by atoms with Gasteiger partial charge in [0.1, 0.15) is 5.75 Å². The van der Waals surface area contributed by atoms with E-state index in [1.54, 1.807) is 7.11 Å². The molecule has 0 saturated heterocycles. The van der Waals surface area contributed by atoms with Crippen molar-refractivity contribution in [2.45, 2.75) is 6.92 Å². The van der Waals surface area contributed by atoms with Gasteiger partial charge >= 0.3 is 0 Å². The molecule has 0 aromatic heterocycles. The minimum Gasteiger partial charge on any atom is -0.496 e. The summed E-state index contributed by atoms with van der Waals surface area (Å²) in [5.41, 5.74) is 8.54. The van der Waals surface area contributed by atoms with Gasteiger partial charge in [0.05, 0.1) is 7.11 Å². The van der Waals surface area contributed by atoms with Crippen LogP contribution in [-0.4, -0.2) is 13.7 Å². The Morgan fingerprint density at radius 2 is 2.23 bits per heavy atom. The summed E-state index contributed by atoms with van der Waals surface area (Å²) < 4.78 is 5.28. The van der Waals surface area contributed by atoms with Gasteiger partial charge in [-0.3, -0.25) is 0 Å². The van der Waals surface area contributed by atoms with E-state index < -0.39 is 0 Å². The zero-order valence-corrected chi connectivity index (χ0v) is 8.13. The van der Waals surface area contributed by atoms with Gasteiger partial charge in [-0.15, -0.1) is 0 Å². The highest BCUT2D eigenvalue weighted by Gasteiger charge is 2.06. The third-order valence-electron chi connectivity index (χ3n) is 2.04. The van der Waals surface area contributed by atoms with Crippen LogP contribution in [0.3, 0.4) is 0 Å². The van der Waals surface area contributed by atoms with Crippen molar-refractivity contribution >= 4 is 5.57 Å². The van der Waals surface area contributed by atoms with Gasteiger partial charge in [-0.25, -0.2) is 0 Å². The van der Waals surface area contributed by atoms with Crippen LogP contribution in [0.4, 0.5) is 0 Å². The monoisotopic (exact) mass is 177 g/mol. The number of para-hydroxylation sites is 1. The average molecular weight is 177 g/mol. The summed E-state index contributed by atoms with van der Waals surface area (Å²) in [6.45, 7) is 6.35. The zero-order valence-electron chi connectivity index (χ0n) is 8.13. The SMILES string of the molecule is C=C(CN)c1cccc(C)c1OC. The fraction of sp³-hybridized carbons (Fsp3) is 0.273. The molecule has 2 heteroatoms. The van der Waals surface area contributed by atoms with Crippen LogP contribution in [0.5, 0.6) is 5.75 Å². The van der Waals surface area contributed by atoms with E-state index >= 15 is 0 Å². The van der Waals surface area contributed by atoms with Crippen molar-refractivity contribution in [1.29, 1.82) is 0 Å². The lowest BCUT2D eigenvalue weighted by Gasteiger charge is -2.11. The van der Waals surface area contributed by atoms with Crippen molar-refractivity contribution in [3.05, 3.63) is 35.9 Å². The van der Waals surface area contributed by atoms with Crippen LogP contribution >= 0.6 is 0 Å². The molecule has 0 amide bonds. The fourth-order valence-electron chi connectivity index (χ4n) is 1.31. The number of hydrogen-bond donors (Lipinski definition) is 1. The van der Waals surface area contributed by atoms with E-state index in [-0.39, 0.29) is 0 Å². The largest absolute Gasteiger partial charge is 0.496 e. The molecular formula is C11H15NO. The molecule has 13 heavy (non-hydrogen) atoms. The van der Waals surface area contributed by atoms with Gasteiger partial charge in [0.25, 0.3) is 0 Å². The Hall–Kier alpha value is -1.28. The maximum Gasteiger partial charge on any atom is 0.129 e. The van der Waals surface area contributed by atoms with E-state index in [1.165, 1.54) is 0 Å². The van der Waals surface area contributed by atoms with Gasteiger partial charge in [-0.1, -0.05) is 24.8 Å². The summed E-state index contributed by atoms with van der Waals surface area (Å²) >= 11 is 0. The molecule has 0 spiro atoms. The Labute approximate surface area is 79.0 Å². The Balaban J connectivity index is 3.20. The maximum atomic E-state index is 5.52. The number of methoxy groups -OCH3 is 1. The zero-order chi connectivity index (χ0) is 9.84. The van der Waals surface area contributed by atoms with Crippen LogP contribution in [0.1, 0.15) is 11.1 Å². The van der Waals surface area contributed by atoms with Gasteiger partial charge in [0.15, 0.2) is 0 Å². The molecule has 0 bridgehead atoms. The molecule has 0 heterocycles. The van der Waals surface area contributed by atoms with Gasteiger partial charge in [-0.05, 0) is 18.1 Å². The van der Waals surface area contributed by atoms with E-state index in [4.69, 9.17) is 10.5 Å². The molecule has 0 saturated carbocycles. The first-order valence-corrected chi connectivity index (χ1v) is 4.22. The van der Waals surface area contributed by atoms with Crippen molar-refractivity contribution in [2.24, 2.45) is 5.73 Å². The van der Waals surface area contributed by atoms with Crippen LogP contribution in [0, 0.1) is 6.92 Å². The number of ether oxygens (including phenoxy) is 1. The second-order valence-corrected chi connectivity index (χ2v) is 2.96. The fourth-order valence-corrected chi connectivity index (χ4v) is 1.31. The molecule has 0 atom stereocenters. The Kier molecular flexibility index (Phi) is 3.09. The first-order chi connectivity index (χ1) is 6.20. The Morgan fingerprint density at radius 1 is 1.54 bits per heavy atom. The van der Waals surface area contributed by atoms with Gasteiger partial charge in [0, 0.05) is 12.1 Å². The van der Waals surface area contributed by atoms with Gasteiger partial charge in [-0.2, -0.15) is 0 Å². The van der Waals surface area contributed by atoms with Crippen LogP contribution in [0.15, 0.2) is 24.8 Å². The second kappa shape index (κ2) is 4.10. The van der Waals surface area contributed by atoms with Gasteiger partial charge < -0.3 is 10.5 Å². The summed E-state index contributed by atoms with van der Waals surface area (Å²) in [5.74, 6) is 0.873. The quantitative estimate of drug-likeness (QED) is 0.766. The number of benzene rings is 1. The molecule has 0 fully saturated rings. The second-order valence-electron chi connectivity index (χ2n) is 2.96. The summed E-state index contributed by atoms with van der Waals surface area (Å²) in [4.78, 5) is 0. The molecule has 0 aliphatic carbocycles. The molecule has 1 aromatic carbocycles. The maximum absolute atomic E-state index is 5.52. The van der Waals surface area contributed by atoms with Crippen LogP contribution in [0.2, 0.25) is 0 Å². The number of aryl methyl sites for hydroxylation is 1. The van der Waals surface area contributed by atoms with E-state index in [0.717, 1.165) is 22.4 Å². The highest BCUT2D eigenvalue weighted by molar-refractivity contribution is 5.71. The van der Waals surface area contributed by atoms with Crippen molar-refractivity contribution in [3.8, 4) is 5.75 Å². The summed E-state index contributed by atoms with van der Waals surface area (Å²) in [6, 6.07) is 5.96. The minimum absolute atomic E-state index is 0.458. The lowest BCUT2D eigenvalue weighted by Crippen LogP contribution is -2.03. The van der Waals surface area contributed by atoms with Crippen LogP contribution in [0.25, 0.3) is 5.57 Å². The van der Waals surface area contributed by atoms with E-state index in [1.807, 2.05) is 25.1 Å². The smallest absolute Gasteiger partial charge is 0.129 e. The molecule has 0 aliphatic rings. The van der Waals surface area contributed by atoms with Crippen molar-refractivity contribution in [3.63, 3.8) is 0 Å². The van der Waals surface area contributed by atoms with E-state index in [2.05, 4.69) is 6.58 Å². The van der Waals surface area contributed by atoms with Crippen LogP contribution < -0.4 is 10.5 Å². The number of nitrogens with two attached hydrogens (primary N) is 1. The molecule has 0 aliphatic heterocycles.